The minimum Gasteiger partial charge on any atom is -0.288 e. The van der Waals surface area contributed by atoms with Crippen LogP contribution in [0.25, 0.3) is 0 Å². The smallest absolute Gasteiger partial charge is 0.139 e. The van der Waals surface area contributed by atoms with Gasteiger partial charge in [0.25, 0.3) is 0 Å². The van der Waals surface area contributed by atoms with Crippen LogP contribution >= 0.6 is 0 Å². The molecule has 128 valence electrons. The fraction of sp³-hybridized carbons (Fsp3) is 0.895. The molecule has 1 aliphatic rings. The van der Waals surface area contributed by atoms with Gasteiger partial charge in [-0.3, -0.25) is 5.32 Å². The van der Waals surface area contributed by atoms with Crippen molar-refractivity contribution in [1.29, 1.82) is 0 Å². The van der Waals surface area contributed by atoms with Gasteiger partial charge in [-0.15, -0.1) is 0 Å². The van der Waals surface area contributed by atoms with Crippen LogP contribution in [0.5, 0.6) is 0 Å². The second kappa shape index (κ2) is 10.9. The van der Waals surface area contributed by atoms with E-state index in [4.69, 9.17) is 0 Å². The molecule has 3 unspecified atom stereocenters. The first-order valence-corrected chi connectivity index (χ1v) is 9.39. The van der Waals surface area contributed by atoms with E-state index in [1.54, 1.807) is 0 Å². The van der Waals surface area contributed by atoms with Crippen LogP contribution in [0.2, 0.25) is 0 Å². The van der Waals surface area contributed by atoms with E-state index in [9.17, 15) is 0 Å². The summed E-state index contributed by atoms with van der Waals surface area (Å²) < 4.78 is 0. The number of rotatable bonds is 9. The summed E-state index contributed by atoms with van der Waals surface area (Å²) >= 11 is 0. The van der Waals surface area contributed by atoms with E-state index in [-0.39, 0.29) is 6.17 Å². The van der Waals surface area contributed by atoms with Crippen molar-refractivity contribution in [2.45, 2.75) is 85.4 Å². The predicted octanol–water partition coefficient (Wildman–Crippen LogP) is 5.58. The van der Waals surface area contributed by atoms with Gasteiger partial charge in [0.05, 0.1) is 6.54 Å². The normalized spacial score (nSPS) is 27.9. The molecule has 0 aromatic rings. The maximum Gasteiger partial charge on any atom is 0.139 e. The second-order valence-corrected chi connectivity index (χ2v) is 7.12. The van der Waals surface area contributed by atoms with E-state index in [1.807, 2.05) is 0 Å². The van der Waals surface area contributed by atoms with Crippen LogP contribution in [0.15, 0.2) is 22.4 Å². The molecule has 1 N–H and O–H groups in total. The molecule has 0 aromatic carbocycles. The lowest BCUT2D eigenvalue weighted by atomic mass is 9.85. The summed E-state index contributed by atoms with van der Waals surface area (Å²) in [5.41, 5.74) is 0. The highest BCUT2D eigenvalue weighted by Crippen LogP contribution is 2.24. The molecular weight excluding hydrogens is 270 g/mol. The molecule has 3 nitrogen and oxygen atoms in total. The van der Waals surface area contributed by atoms with Gasteiger partial charge < -0.3 is 0 Å². The minimum absolute atomic E-state index is 0.0668. The number of azo groups is 1. The first-order valence-electron chi connectivity index (χ1n) is 9.39. The number of allylic oxidation sites excluding steroid dienone is 1. The fourth-order valence-corrected chi connectivity index (χ4v) is 3.20. The molecule has 0 aromatic heterocycles. The molecule has 1 heterocycles. The zero-order valence-corrected chi connectivity index (χ0v) is 15.4. The Morgan fingerprint density at radius 2 is 2.00 bits per heavy atom. The Hall–Kier alpha value is -0.700. The van der Waals surface area contributed by atoms with Crippen LogP contribution in [-0.4, -0.2) is 18.8 Å². The number of nitrogens with one attached hydrogen (secondary N) is 1. The highest BCUT2D eigenvalue weighted by molar-refractivity contribution is 4.95. The fourth-order valence-electron chi connectivity index (χ4n) is 3.20. The molecule has 0 amide bonds. The first kappa shape index (κ1) is 19.3. The third-order valence-electron chi connectivity index (χ3n) is 5.00. The van der Waals surface area contributed by atoms with Crippen LogP contribution < -0.4 is 5.32 Å². The van der Waals surface area contributed by atoms with Gasteiger partial charge in [0.2, 0.25) is 0 Å². The summed E-state index contributed by atoms with van der Waals surface area (Å²) in [7, 11) is 0. The molecule has 1 aliphatic heterocycles. The Bertz CT molecular complexity index is 320. The Balaban J connectivity index is 2.55. The molecule has 0 bridgehead atoms. The van der Waals surface area contributed by atoms with Crippen molar-refractivity contribution in [3.63, 3.8) is 0 Å². The van der Waals surface area contributed by atoms with E-state index >= 15 is 0 Å². The number of hydrogen-bond acceptors (Lipinski definition) is 3. The molecule has 0 fully saturated rings. The maximum absolute atomic E-state index is 4.49. The molecule has 0 aliphatic carbocycles. The van der Waals surface area contributed by atoms with Crippen molar-refractivity contribution >= 4 is 0 Å². The average Bonchev–Trinajstić information content (AvgIpc) is 2.47. The van der Waals surface area contributed by atoms with Crippen molar-refractivity contribution in [3.8, 4) is 0 Å². The average molecular weight is 308 g/mol. The van der Waals surface area contributed by atoms with Crippen LogP contribution in [0.1, 0.15) is 73.1 Å². The lowest BCUT2D eigenvalue weighted by Crippen LogP contribution is -2.38. The summed E-state index contributed by atoms with van der Waals surface area (Å²) in [6.45, 7) is 12.4. The van der Waals surface area contributed by atoms with E-state index in [0.29, 0.717) is 12.0 Å². The maximum atomic E-state index is 4.49. The number of nitrogens with zero attached hydrogens (tertiary/aromatic N) is 2. The third-order valence-corrected chi connectivity index (χ3v) is 5.00. The van der Waals surface area contributed by atoms with Crippen LogP contribution in [0, 0.1) is 17.8 Å². The van der Waals surface area contributed by atoms with Gasteiger partial charge in [0, 0.05) is 6.04 Å². The molecule has 0 saturated carbocycles. The Morgan fingerprint density at radius 1 is 1.23 bits per heavy atom. The van der Waals surface area contributed by atoms with Crippen molar-refractivity contribution in [3.05, 3.63) is 12.2 Å². The summed E-state index contributed by atoms with van der Waals surface area (Å²) in [6, 6.07) is 0.536. The van der Waals surface area contributed by atoms with Crippen molar-refractivity contribution in [1.82, 2.24) is 5.32 Å². The predicted molar refractivity (Wildman–Crippen MR) is 96.1 cm³/mol. The number of hydrogen-bond donors (Lipinski definition) is 1. The van der Waals surface area contributed by atoms with E-state index < -0.39 is 0 Å². The van der Waals surface area contributed by atoms with Gasteiger partial charge in [-0.1, -0.05) is 60.0 Å². The van der Waals surface area contributed by atoms with Gasteiger partial charge in [-0.2, -0.15) is 10.2 Å². The Labute approximate surface area is 138 Å². The molecule has 0 radical (unpaired) electrons. The second-order valence-electron chi connectivity index (χ2n) is 7.12. The quantitative estimate of drug-likeness (QED) is 0.554. The van der Waals surface area contributed by atoms with Gasteiger partial charge in [0.1, 0.15) is 6.17 Å². The van der Waals surface area contributed by atoms with E-state index in [0.717, 1.165) is 31.2 Å². The van der Waals surface area contributed by atoms with Crippen molar-refractivity contribution < 1.29 is 0 Å². The topological polar surface area (TPSA) is 36.8 Å². The molecule has 4 atom stereocenters. The third kappa shape index (κ3) is 7.04. The largest absolute Gasteiger partial charge is 0.288 e. The highest BCUT2D eigenvalue weighted by Gasteiger charge is 2.20. The summed E-state index contributed by atoms with van der Waals surface area (Å²) in [6.07, 6.45) is 11.9. The van der Waals surface area contributed by atoms with Crippen LogP contribution in [0.3, 0.4) is 0 Å². The zero-order chi connectivity index (χ0) is 16.4. The summed E-state index contributed by atoms with van der Waals surface area (Å²) in [5.74, 6) is 2.23. The SMILES string of the molecule is CCCC(C[C@@H](CC)NC1/C=C\CC(CC)C/N=N\1)C(C)C. The highest BCUT2D eigenvalue weighted by atomic mass is 15.2. The lowest BCUT2D eigenvalue weighted by molar-refractivity contribution is 0.278. The first-order chi connectivity index (χ1) is 10.6. The summed E-state index contributed by atoms with van der Waals surface area (Å²) in [5, 5.41) is 12.6. The van der Waals surface area contributed by atoms with Crippen molar-refractivity contribution in [2.75, 3.05) is 6.54 Å². The molecule has 22 heavy (non-hydrogen) atoms. The minimum atomic E-state index is 0.0668. The molecule has 0 spiro atoms. The molecule has 3 heteroatoms. The van der Waals surface area contributed by atoms with Crippen molar-refractivity contribution in [2.24, 2.45) is 28.0 Å². The van der Waals surface area contributed by atoms with E-state index in [2.05, 4.69) is 62.3 Å². The monoisotopic (exact) mass is 307 g/mol. The zero-order valence-electron chi connectivity index (χ0n) is 15.4. The standard InChI is InChI=1S/C19H37N3/c1-6-10-17(15(4)5)13-18(8-3)21-19-12-9-11-16(7-2)14-20-22-19/h9,12,15-19,21H,6-8,10-11,13-14H2,1-5H3/b12-9-,22-20-/t16?,17?,18-,19?/m1/s1. The molecule has 1 rings (SSSR count). The van der Waals surface area contributed by atoms with E-state index in [1.165, 1.54) is 25.7 Å². The van der Waals surface area contributed by atoms with Gasteiger partial charge >= 0.3 is 0 Å². The Morgan fingerprint density at radius 3 is 2.59 bits per heavy atom. The van der Waals surface area contributed by atoms with Gasteiger partial charge in [0.15, 0.2) is 0 Å². The molecular formula is C19H37N3. The van der Waals surface area contributed by atoms with Crippen LogP contribution in [0.4, 0.5) is 0 Å². The Kier molecular flexibility index (Phi) is 9.61. The van der Waals surface area contributed by atoms with Crippen LogP contribution in [-0.2, 0) is 0 Å². The molecule has 0 saturated heterocycles. The van der Waals surface area contributed by atoms with Gasteiger partial charge in [-0.05, 0) is 43.1 Å². The summed E-state index contributed by atoms with van der Waals surface area (Å²) in [4.78, 5) is 0. The van der Waals surface area contributed by atoms with Gasteiger partial charge in [-0.25, -0.2) is 0 Å². The lowest BCUT2D eigenvalue weighted by Gasteiger charge is -2.28.